The van der Waals surface area contributed by atoms with Crippen LogP contribution in [-0.4, -0.2) is 16.1 Å². The lowest BCUT2D eigenvalue weighted by molar-refractivity contribution is 0.0701. The van der Waals surface area contributed by atoms with Crippen LogP contribution in [0.15, 0.2) is 30.5 Å². The van der Waals surface area contributed by atoms with Crippen LogP contribution in [-0.2, 0) is 18.0 Å². The van der Waals surface area contributed by atoms with Gasteiger partial charge in [0, 0.05) is 11.1 Å². The lowest BCUT2D eigenvalue weighted by Gasteiger charge is -2.02. The number of rotatable bonds is 5. The summed E-state index contributed by atoms with van der Waals surface area (Å²) in [6.45, 7) is 2.74. The van der Waals surface area contributed by atoms with Gasteiger partial charge in [-0.15, -0.1) is 11.3 Å². The summed E-state index contributed by atoms with van der Waals surface area (Å²) in [5.74, 6) is -0.890. The molecule has 2 heterocycles. The second-order valence-electron chi connectivity index (χ2n) is 3.81. The number of carbonyl (C=O) groups is 1. The minimum atomic E-state index is -0.890. The summed E-state index contributed by atoms with van der Waals surface area (Å²) in [5, 5.41) is 8.89. The van der Waals surface area contributed by atoms with Crippen LogP contribution in [0.3, 0.4) is 0 Å². The number of hydrogen-bond donors (Lipinski definition) is 1. The lowest BCUT2D eigenvalue weighted by atomic mass is 10.2. The van der Waals surface area contributed by atoms with Gasteiger partial charge in [-0.25, -0.2) is 4.79 Å². The molecule has 4 nitrogen and oxygen atoms in total. The fraction of sp³-hybridized carbons (Fsp3) is 0.231. The average molecular weight is 263 g/mol. The highest BCUT2D eigenvalue weighted by atomic mass is 32.1. The zero-order valence-corrected chi connectivity index (χ0v) is 10.7. The van der Waals surface area contributed by atoms with Crippen LogP contribution in [0, 0.1) is 6.92 Å². The second kappa shape index (κ2) is 5.75. The number of pyridine rings is 1. The van der Waals surface area contributed by atoms with Crippen LogP contribution in [0.5, 0.6) is 0 Å². The van der Waals surface area contributed by atoms with E-state index in [1.807, 2.05) is 25.1 Å². The first-order chi connectivity index (χ1) is 8.66. The highest BCUT2D eigenvalue weighted by molar-refractivity contribution is 7.14. The zero-order valence-electron chi connectivity index (χ0n) is 9.92. The Hall–Kier alpha value is -1.72. The van der Waals surface area contributed by atoms with Crippen molar-refractivity contribution in [3.8, 4) is 0 Å². The molecule has 0 radical (unpaired) electrons. The first-order valence-electron chi connectivity index (χ1n) is 5.47. The normalized spacial score (nSPS) is 10.5. The van der Waals surface area contributed by atoms with Crippen LogP contribution >= 0.6 is 11.3 Å². The minimum Gasteiger partial charge on any atom is -0.477 e. The van der Waals surface area contributed by atoms with Gasteiger partial charge in [-0.3, -0.25) is 4.98 Å². The smallest absolute Gasteiger partial charge is 0.345 e. The summed E-state index contributed by atoms with van der Waals surface area (Å²) in [7, 11) is 0. The van der Waals surface area contributed by atoms with Crippen molar-refractivity contribution in [3.05, 3.63) is 51.5 Å². The Morgan fingerprint density at radius 2 is 2.28 bits per heavy atom. The van der Waals surface area contributed by atoms with Gasteiger partial charge in [0.05, 0.1) is 18.9 Å². The Bertz CT molecular complexity index is 536. The van der Waals surface area contributed by atoms with Crippen molar-refractivity contribution >= 4 is 17.3 Å². The van der Waals surface area contributed by atoms with Crippen molar-refractivity contribution in [2.24, 2.45) is 0 Å². The molecule has 0 saturated carbocycles. The van der Waals surface area contributed by atoms with Crippen molar-refractivity contribution in [2.45, 2.75) is 20.1 Å². The maximum atomic E-state index is 10.8. The molecule has 2 rings (SSSR count). The van der Waals surface area contributed by atoms with E-state index in [9.17, 15) is 4.79 Å². The summed E-state index contributed by atoms with van der Waals surface area (Å²) in [6, 6.07) is 7.32. The monoisotopic (exact) mass is 263 g/mol. The van der Waals surface area contributed by atoms with Crippen LogP contribution in [0.1, 0.15) is 25.8 Å². The molecule has 0 fully saturated rings. The number of nitrogens with zero attached hydrogens (tertiary/aromatic N) is 1. The molecule has 94 valence electrons. The van der Waals surface area contributed by atoms with E-state index in [-0.39, 0.29) is 0 Å². The average Bonchev–Trinajstić information content (AvgIpc) is 2.73. The van der Waals surface area contributed by atoms with E-state index in [0.717, 1.165) is 16.1 Å². The quantitative estimate of drug-likeness (QED) is 0.901. The molecule has 0 unspecified atom stereocenters. The molecular formula is C13H13NO3S. The van der Waals surface area contributed by atoms with Gasteiger partial charge in [0.2, 0.25) is 0 Å². The second-order valence-corrected chi connectivity index (χ2v) is 5.07. The van der Waals surface area contributed by atoms with Crippen molar-refractivity contribution < 1.29 is 14.6 Å². The Labute approximate surface area is 109 Å². The van der Waals surface area contributed by atoms with Crippen LogP contribution in [0.2, 0.25) is 0 Å². The van der Waals surface area contributed by atoms with Gasteiger partial charge in [-0.1, -0.05) is 6.07 Å². The van der Waals surface area contributed by atoms with E-state index < -0.39 is 5.97 Å². The summed E-state index contributed by atoms with van der Waals surface area (Å²) in [5.41, 5.74) is 1.79. The van der Waals surface area contributed by atoms with Gasteiger partial charge < -0.3 is 9.84 Å². The van der Waals surface area contributed by atoms with E-state index >= 15 is 0 Å². The van der Waals surface area contributed by atoms with E-state index in [1.54, 1.807) is 12.3 Å². The third kappa shape index (κ3) is 3.15. The molecule has 2 aromatic heterocycles. The first-order valence-corrected chi connectivity index (χ1v) is 6.28. The molecule has 0 atom stereocenters. The maximum Gasteiger partial charge on any atom is 0.345 e. The van der Waals surface area contributed by atoms with E-state index in [1.165, 1.54) is 11.3 Å². The van der Waals surface area contributed by atoms with Crippen molar-refractivity contribution in [1.29, 1.82) is 0 Å². The number of aromatic nitrogens is 1. The van der Waals surface area contributed by atoms with Gasteiger partial charge in [0.15, 0.2) is 0 Å². The van der Waals surface area contributed by atoms with Gasteiger partial charge >= 0.3 is 5.97 Å². The number of ether oxygens (including phenoxy) is 1. The largest absolute Gasteiger partial charge is 0.477 e. The molecule has 2 aromatic rings. The van der Waals surface area contributed by atoms with Gasteiger partial charge in [-0.05, 0) is 30.7 Å². The third-order valence-corrected chi connectivity index (χ3v) is 3.55. The Morgan fingerprint density at radius 1 is 1.44 bits per heavy atom. The van der Waals surface area contributed by atoms with E-state index in [0.29, 0.717) is 18.1 Å². The highest BCUT2D eigenvalue weighted by Gasteiger charge is 2.10. The predicted molar refractivity (Wildman–Crippen MR) is 68.7 cm³/mol. The Kier molecular flexibility index (Phi) is 4.07. The van der Waals surface area contributed by atoms with E-state index in [4.69, 9.17) is 9.84 Å². The molecule has 0 saturated heterocycles. The fourth-order valence-electron chi connectivity index (χ4n) is 1.52. The molecule has 5 heteroatoms. The third-order valence-electron chi connectivity index (χ3n) is 2.47. The van der Waals surface area contributed by atoms with Crippen molar-refractivity contribution in [3.63, 3.8) is 0 Å². The summed E-state index contributed by atoms with van der Waals surface area (Å²) < 4.78 is 5.53. The molecule has 0 amide bonds. The Morgan fingerprint density at radius 3 is 2.89 bits per heavy atom. The predicted octanol–water partition coefficient (Wildman–Crippen LogP) is 2.87. The van der Waals surface area contributed by atoms with Crippen molar-refractivity contribution in [1.82, 2.24) is 4.98 Å². The summed E-state index contributed by atoms with van der Waals surface area (Å²) in [4.78, 5) is 16.3. The topological polar surface area (TPSA) is 59.4 Å². The number of carboxylic acids is 1. The SMILES string of the molecule is Cc1sc(C(=O)O)cc1COCc1ccccn1. The number of carboxylic acid groups (broad SMARTS) is 1. The summed E-state index contributed by atoms with van der Waals surface area (Å²) in [6.07, 6.45) is 1.72. The molecule has 18 heavy (non-hydrogen) atoms. The number of hydrogen-bond acceptors (Lipinski definition) is 4. The summed E-state index contributed by atoms with van der Waals surface area (Å²) >= 11 is 1.27. The lowest BCUT2D eigenvalue weighted by Crippen LogP contribution is -1.96. The van der Waals surface area contributed by atoms with Gasteiger partial charge in [-0.2, -0.15) is 0 Å². The van der Waals surface area contributed by atoms with E-state index in [2.05, 4.69) is 4.98 Å². The fourth-order valence-corrected chi connectivity index (χ4v) is 2.38. The number of thiophene rings is 1. The molecule has 0 aromatic carbocycles. The molecular weight excluding hydrogens is 250 g/mol. The zero-order chi connectivity index (χ0) is 13.0. The standard InChI is InChI=1S/C13H13NO3S/c1-9-10(6-12(18-9)13(15)16)7-17-8-11-4-2-3-5-14-11/h2-6H,7-8H2,1H3,(H,15,16). The van der Waals surface area contributed by atoms with Gasteiger partial charge in [0.1, 0.15) is 4.88 Å². The molecule has 0 spiro atoms. The van der Waals surface area contributed by atoms with Crippen LogP contribution in [0.4, 0.5) is 0 Å². The minimum absolute atomic E-state index is 0.351. The molecule has 1 N–H and O–H groups in total. The number of aromatic carboxylic acids is 1. The van der Waals surface area contributed by atoms with Crippen LogP contribution < -0.4 is 0 Å². The maximum absolute atomic E-state index is 10.8. The molecule has 0 bridgehead atoms. The molecule has 0 aliphatic carbocycles. The van der Waals surface area contributed by atoms with Crippen molar-refractivity contribution in [2.75, 3.05) is 0 Å². The van der Waals surface area contributed by atoms with Gasteiger partial charge in [0.25, 0.3) is 0 Å². The number of aryl methyl sites for hydroxylation is 1. The Balaban J connectivity index is 1.92. The van der Waals surface area contributed by atoms with Crippen LogP contribution in [0.25, 0.3) is 0 Å². The molecule has 0 aliphatic heterocycles. The molecule has 0 aliphatic rings. The first kappa shape index (κ1) is 12.7. The highest BCUT2D eigenvalue weighted by Crippen LogP contribution is 2.22.